The number of carbonyl (C=O) groups is 1. The number of rotatable bonds is 3. The van der Waals surface area contributed by atoms with Crippen LogP contribution in [0.4, 0.5) is 5.69 Å². The molecule has 6 N–H and O–H groups in total. The van der Waals surface area contributed by atoms with Crippen LogP contribution in [-0.2, 0) is 24.1 Å². The van der Waals surface area contributed by atoms with Crippen molar-refractivity contribution in [2.45, 2.75) is 39.0 Å². The van der Waals surface area contributed by atoms with Gasteiger partial charge in [0, 0.05) is 11.1 Å². The number of nitrogens with two attached hydrogens (primary N) is 3. The number of fused-ring (bicyclic) bond motifs is 1. The molecule has 1 aromatic carbocycles. The SMILES string of the molecule is CC1(C(N)=O)CCc2cc(N)c(CCN)cc2CC1. The molecule has 0 radical (unpaired) electrons. The number of amides is 1. The van der Waals surface area contributed by atoms with E-state index in [9.17, 15) is 4.79 Å². The van der Waals surface area contributed by atoms with Crippen LogP contribution in [0.1, 0.15) is 36.5 Å². The third kappa shape index (κ3) is 2.73. The first-order valence-corrected chi connectivity index (χ1v) is 6.86. The lowest BCUT2D eigenvalue weighted by molar-refractivity contribution is -0.127. The van der Waals surface area contributed by atoms with E-state index in [2.05, 4.69) is 6.07 Å². The molecule has 0 bridgehead atoms. The first kappa shape index (κ1) is 13.9. The lowest BCUT2D eigenvalue weighted by Gasteiger charge is -2.23. The fourth-order valence-corrected chi connectivity index (χ4v) is 2.79. The van der Waals surface area contributed by atoms with Gasteiger partial charge in [-0.1, -0.05) is 13.0 Å². The number of anilines is 1. The van der Waals surface area contributed by atoms with Gasteiger partial charge in [-0.3, -0.25) is 4.79 Å². The summed E-state index contributed by atoms with van der Waals surface area (Å²) in [7, 11) is 0. The first-order chi connectivity index (χ1) is 8.96. The van der Waals surface area contributed by atoms with E-state index in [4.69, 9.17) is 17.2 Å². The van der Waals surface area contributed by atoms with Gasteiger partial charge in [-0.25, -0.2) is 0 Å². The lowest BCUT2D eigenvalue weighted by Crippen LogP contribution is -2.34. The maximum absolute atomic E-state index is 11.6. The highest BCUT2D eigenvalue weighted by Gasteiger charge is 2.33. The van der Waals surface area contributed by atoms with E-state index in [1.165, 1.54) is 11.1 Å². The Kier molecular flexibility index (Phi) is 3.80. The number of carbonyl (C=O) groups excluding carboxylic acids is 1. The van der Waals surface area contributed by atoms with Crippen molar-refractivity contribution in [3.63, 3.8) is 0 Å². The van der Waals surface area contributed by atoms with Crippen LogP contribution in [0.5, 0.6) is 0 Å². The molecule has 0 spiro atoms. The summed E-state index contributed by atoms with van der Waals surface area (Å²) in [5.74, 6) is -0.199. The maximum Gasteiger partial charge on any atom is 0.223 e. The van der Waals surface area contributed by atoms with E-state index < -0.39 is 5.41 Å². The van der Waals surface area contributed by atoms with Gasteiger partial charge >= 0.3 is 0 Å². The van der Waals surface area contributed by atoms with E-state index in [-0.39, 0.29) is 5.91 Å². The Morgan fingerprint density at radius 2 is 1.84 bits per heavy atom. The highest BCUT2D eigenvalue weighted by Crippen LogP contribution is 2.35. The monoisotopic (exact) mass is 261 g/mol. The van der Waals surface area contributed by atoms with Crippen molar-refractivity contribution in [1.29, 1.82) is 0 Å². The average Bonchev–Trinajstić information content (AvgIpc) is 2.52. The van der Waals surface area contributed by atoms with Gasteiger partial charge in [0.25, 0.3) is 0 Å². The van der Waals surface area contributed by atoms with E-state index in [1.54, 1.807) is 0 Å². The molecule has 1 amide bonds. The zero-order valence-corrected chi connectivity index (χ0v) is 11.5. The van der Waals surface area contributed by atoms with E-state index in [0.717, 1.165) is 43.4 Å². The van der Waals surface area contributed by atoms with Gasteiger partial charge in [-0.15, -0.1) is 0 Å². The highest BCUT2D eigenvalue weighted by atomic mass is 16.1. The number of benzene rings is 1. The van der Waals surface area contributed by atoms with Crippen LogP contribution >= 0.6 is 0 Å². The van der Waals surface area contributed by atoms with Crippen LogP contribution in [0.2, 0.25) is 0 Å². The standard InChI is InChI=1S/C15H23N3O/c1-15(14(18)19)5-2-10-8-12(4-7-16)13(17)9-11(10)3-6-15/h8-9H,2-7,16-17H2,1H3,(H2,18,19). The Morgan fingerprint density at radius 3 is 2.37 bits per heavy atom. The molecule has 19 heavy (non-hydrogen) atoms. The summed E-state index contributed by atoms with van der Waals surface area (Å²) in [6.45, 7) is 2.56. The number of hydrogen-bond acceptors (Lipinski definition) is 3. The fourth-order valence-electron chi connectivity index (χ4n) is 2.79. The first-order valence-electron chi connectivity index (χ1n) is 6.86. The van der Waals surface area contributed by atoms with Crippen molar-refractivity contribution in [2.24, 2.45) is 16.9 Å². The zero-order valence-electron chi connectivity index (χ0n) is 11.5. The van der Waals surface area contributed by atoms with Crippen LogP contribution < -0.4 is 17.2 Å². The number of aryl methyl sites for hydroxylation is 2. The summed E-state index contributed by atoms with van der Waals surface area (Å²) < 4.78 is 0. The van der Waals surface area contributed by atoms with Crippen LogP contribution in [-0.4, -0.2) is 12.5 Å². The minimum Gasteiger partial charge on any atom is -0.398 e. The predicted molar refractivity (Wildman–Crippen MR) is 77.6 cm³/mol. The van der Waals surface area contributed by atoms with Crippen LogP contribution in [0, 0.1) is 5.41 Å². The molecule has 0 saturated carbocycles. The molecule has 1 atom stereocenters. The fraction of sp³-hybridized carbons (Fsp3) is 0.533. The van der Waals surface area contributed by atoms with Crippen molar-refractivity contribution < 1.29 is 4.79 Å². The third-order valence-electron chi connectivity index (χ3n) is 4.36. The molecular weight excluding hydrogens is 238 g/mol. The molecule has 1 aliphatic carbocycles. The number of primary amides is 1. The molecule has 1 aliphatic rings. The lowest BCUT2D eigenvalue weighted by atomic mass is 9.81. The molecule has 1 aromatic rings. The molecule has 0 fully saturated rings. The van der Waals surface area contributed by atoms with Crippen molar-refractivity contribution in [3.8, 4) is 0 Å². The molecule has 4 nitrogen and oxygen atoms in total. The maximum atomic E-state index is 11.6. The van der Waals surface area contributed by atoms with Crippen LogP contribution in [0.25, 0.3) is 0 Å². The molecule has 2 rings (SSSR count). The Morgan fingerprint density at radius 1 is 1.26 bits per heavy atom. The Balaban J connectivity index is 2.30. The van der Waals surface area contributed by atoms with Gasteiger partial charge in [-0.05, 0) is 61.4 Å². The smallest absolute Gasteiger partial charge is 0.223 e. The summed E-state index contributed by atoms with van der Waals surface area (Å²) >= 11 is 0. The van der Waals surface area contributed by atoms with Gasteiger partial charge in [-0.2, -0.15) is 0 Å². The summed E-state index contributed by atoms with van der Waals surface area (Å²) in [5, 5.41) is 0. The molecule has 104 valence electrons. The van der Waals surface area contributed by atoms with Gasteiger partial charge in [0.2, 0.25) is 5.91 Å². The molecule has 0 aromatic heterocycles. The molecule has 1 unspecified atom stereocenters. The summed E-state index contributed by atoms with van der Waals surface area (Å²) in [6, 6.07) is 4.21. The third-order valence-corrected chi connectivity index (χ3v) is 4.36. The zero-order chi connectivity index (χ0) is 14.0. The van der Waals surface area contributed by atoms with Gasteiger partial charge in [0.15, 0.2) is 0 Å². The summed E-state index contributed by atoms with van der Waals surface area (Å²) in [6.07, 6.45) is 4.15. The Labute approximate surface area is 114 Å². The number of nitrogen functional groups attached to an aromatic ring is 1. The molecular formula is C15H23N3O. The van der Waals surface area contributed by atoms with Crippen molar-refractivity contribution in [2.75, 3.05) is 12.3 Å². The van der Waals surface area contributed by atoms with E-state index in [0.29, 0.717) is 6.54 Å². The second kappa shape index (κ2) is 5.21. The summed E-state index contributed by atoms with van der Waals surface area (Å²) in [4.78, 5) is 11.6. The van der Waals surface area contributed by atoms with Crippen LogP contribution in [0.3, 0.4) is 0 Å². The molecule has 4 heteroatoms. The average molecular weight is 261 g/mol. The minimum atomic E-state index is -0.401. The predicted octanol–water partition coefficient (Wildman–Crippen LogP) is 1.14. The van der Waals surface area contributed by atoms with E-state index in [1.807, 2.05) is 13.0 Å². The Hall–Kier alpha value is -1.55. The quantitative estimate of drug-likeness (QED) is 0.562. The Bertz CT molecular complexity index is 498. The van der Waals surface area contributed by atoms with Crippen molar-refractivity contribution >= 4 is 11.6 Å². The van der Waals surface area contributed by atoms with Gasteiger partial charge in [0.05, 0.1) is 0 Å². The van der Waals surface area contributed by atoms with Gasteiger partial charge in [0.1, 0.15) is 0 Å². The second-order valence-corrected chi connectivity index (χ2v) is 5.78. The van der Waals surface area contributed by atoms with Crippen LogP contribution in [0.15, 0.2) is 12.1 Å². The minimum absolute atomic E-state index is 0.199. The second-order valence-electron chi connectivity index (χ2n) is 5.78. The van der Waals surface area contributed by atoms with Gasteiger partial charge < -0.3 is 17.2 Å². The highest BCUT2D eigenvalue weighted by molar-refractivity contribution is 5.80. The van der Waals surface area contributed by atoms with Crippen molar-refractivity contribution in [1.82, 2.24) is 0 Å². The van der Waals surface area contributed by atoms with E-state index >= 15 is 0 Å². The molecule has 0 saturated heterocycles. The number of hydrogen-bond donors (Lipinski definition) is 3. The molecule has 0 aliphatic heterocycles. The largest absolute Gasteiger partial charge is 0.398 e. The topological polar surface area (TPSA) is 95.1 Å². The molecule has 0 heterocycles. The van der Waals surface area contributed by atoms with Crippen molar-refractivity contribution in [3.05, 3.63) is 28.8 Å². The normalized spacial score (nSPS) is 22.6. The summed E-state index contributed by atoms with van der Waals surface area (Å²) in [5.41, 5.74) is 21.3.